The van der Waals surface area contributed by atoms with Gasteiger partial charge in [-0.05, 0) is 19.4 Å². The molecule has 0 amide bonds. The van der Waals surface area contributed by atoms with Crippen molar-refractivity contribution in [1.82, 2.24) is 20.4 Å². The van der Waals surface area contributed by atoms with Crippen molar-refractivity contribution >= 4 is 29.9 Å². The SMILES string of the molecule is C#CCNC(=NCCn1cc(C)cn1)NCC.I. The van der Waals surface area contributed by atoms with Crippen LogP contribution in [0.25, 0.3) is 0 Å². The van der Waals surface area contributed by atoms with Gasteiger partial charge in [0.25, 0.3) is 0 Å². The lowest BCUT2D eigenvalue weighted by molar-refractivity contribution is 0.622. The first-order valence-corrected chi connectivity index (χ1v) is 5.71. The minimum Gasteiger partial charge on any atom is -0.357 e. The molecule has 18 heavy (non-hydrogen) atoms. The molecule has 0 saturated heterocycles. The Labute approximate surface area is 125 Å². The van der Waals surface area contributed by atoms with E-state index in [0.717, 1.165) is 24.6 Å². The zero-order chi connectivity index (χ0) is 12.5. The fraction of sp³-hybridized carbons (Fsp3) is 0.500. The van der Waals surface area contributed by atoms with E-state index in [4.69, 9.17) is 6.42 Å². The molecule has 0 unspecified atom stereocenters. The summed E-state index contributed by atoms with van der Waals surface area (Å²) in [6.45, 7) is 6.76. The second-order valence-corrected chi connectivity index (χ2v) is 3.60. The quantitative estimate of drug-likeness (QED) is 0.356. The number of aliphatic imine (C=N–C) groups is 1. The highest BCUT2D eigenvalue weighted by Crippen LogP contribution is 1.93. The first kappa shape index (κ1) is 16.8. The van der Waals surface area contributed by atoms with Crippen LogP contribution in [0.5, 0.6) is 0 Å². The molecule has 6 heteroatoms. The molecular formula is C12H20IN5. The number of terminal acetylenes is 1. The molecule has 1 rings (SSSR count). The zero-order valence-electron chi connectivity index (χ0n) is 10.8. The van der Waals surface area contributed by atoms with Gasteiger partial charge in [0.15, 0.2) is 5.96 Å². The zero-order valence-corrected chi connectivity index (χ0v) is 13.1. The summed E-state index contributed by atoms with van der Waals surface area (Å²) in [5, 5.41) is 10.4. The summed E-state index contributed by atoms with van der Waals surface area (Å²) < 4.78 is 1.88. The van der Waals surface area contributed by atoms with E-state index in [0.29, 0.717) is 13.1 Å². The molecule has 0 aromatic carbocycles. The Kier molecular flexibility index (Phi) is 9.10. The van der Waals surface area contributed by atoms with Gasteiger partial charge in [-0.3, -0.25) is 9.67 Å². The molecule has 2 N–H and O–H groups in total. The Morgan fingerprint density at radius 3 is 2.89 bits per heavy atom. The number of hydrogen-bond donors (Lipinski definition) is 2. The van der Waals surface area contributed by atoms with Crippen molar-refractivity contribution in [2.24, 2.45) is 4.99 Å². The lowest BCUT2D eigenvalue weighted by atomic mass is 10.4. The van der Waals surface area contributed by atoms with Crippen LogP contribution in [0.1, 0.15) is 12.5 Å². The Hall–Kier alpha value is -1.23. The Morgan fingerprint density at radius 2 is 2.33 bits per heavy atom. The molecule has 0 spiro atoms. The number of nitrogens with zero attached hydrogens (tertiary/aromatic N) is 3. The van der Waals surface area contributed by atoms with Gasteiger partial charge in [0.05, 0.1) is 25.8 Å². The second kappa shape index (κ2) is 9.76. The summed E-state index contributed by atoms with van der Waals surface area (Å²) in [6.07, 6.45) is 9.02. The molecule has 0 radical (unpaired) electrons. The Bertz CT molecular complexity index is 405. The van der Waals surface area contributed by atoms with Gasteiger partial charge in [0, 0.05) is 12.7 Å². The number of rotatable bonds is 5. The molecule has 0 aliphatic rings. The maximum atomic E-state index is 5.19. The van der Waals surface area contributed by atoms with Crippen LogP contribution in [-0.4, -0.2) is 35.4 Å². The molecule has 1 heterocycles. The minimum absolute atomic E-state index is 0. The predicted octanol–water partition coefficient (Wildman–Crippen LogP) is 0.998. The van der Waals surface area contributed by atoms with Crippen LogP contribution in [-0.2, 0) is 6.54 Å². The fourth-order valence-electron chi connectivity index (χ4n) is 1.33. The molecule has 0 bridgehead atoms. The van der Waals surface area contributed by atoms with Crippen LogP contribution in [0, 0.1) is 19.3 Å². The molecule has 0 saturated carbocycles. The van der Waals surface area contributed by atoms with Crippen LogP contribution in [0.15, 0.2) is 17.4 Å². The second-order valence-electron chi connectivity index (χ2n) is 3.60. The maximum Gasteiger partial charge on any atom is 0.192 e. The van der Waals surface area contributed by atoms with Crippen molar-refractivity contribution < 1.29 is 0 Å². The highest BCUT2D eigenvalue weighted by Gasteiger charge is 1.96. The van der Waals surface area contributed by atoms with Gasteiger partial charge in [-0.15, -0.1) is 30.4 Å². The van der Waals surface area contributed by atoms with Gasteiger partial charge in [0.2, 0.25) is 0 Å². The van der Waals surface area contributed by atoms with Crippen molar-refractivity contribution in [3.8, 4) is 12.3 Å². The minimum atomic E-state index is 0. The third-order valence-corrected chi connectivity index (χ3v) is 2.06. The molecule has 100 valence electrons. The number of aromatic nitrogens is 2. The predicted molar refractivity (Wildman–Crippen MR) is 85.2 cm³/mol. The normalized spacial score (nSPS) is 10.4. The van der Waals surface area contributed by atoms with E-state index in [1.807, 2.05) is 30.9 Å². The number of halogens is 1. The number of aryl methyl sites for hydroxylation is 1. The largest absolute Gasteiger partial charge is 0.357 e. The third kappa shape index (κ3) is 6.49. The van der Waals surface area contributed by atoms with E-state index in [2.05, 4.69) is 26.6 Å². The third-order valence-electron chi connectivity index (χ3n) is 2.06. The fourth-order valence-corrected chi connectivity index (χ4v) is 1.33. The monoisotopic (exact) mass is 361 g/mol. The topological polar surface area (TPSA) is 54.2 Å². The van der Waals surface area contributed by atoms with Crippen LogP contribution in [0.3, 0.4) is 0 Å². The van der Waals surface area contributed by atoms with E-state index in [9.17, 15) is 0 Å². The van der Waals surface area contributed by atoms with E-state index in [-0.39, 0.29) is 24.0 Å². The summed E-state index contributed by atoms with van der Waals surface area (Å²) in [5.41, 5.74) is 1.16. The Morgan fingerprint density at radius 1 is 1.56 bits per heavy atom. The van der Waals surface area contributed by atoms with Gasteiger partial charge < -0.3 is 10.6 Å². The van der Waals surface area contributed by atoms with E-state index in [1.165, 1.54) is 0 Å². The van der Waals surface area contributed by atoms with Crippen molar-refractivity contribution in [3.05, 3.63) is 18.0 Å². The number of guanidine groups is 1. The van der Waals surface area contributed by atoms with Gasteiger partial charge in [-0.1, -0.05) is 5.92 Å². The highest BCUT2D eigenvalue weighted by atomic mass is 127. The average Bonchev–Trinajstić information content (AvgIpc) is 2.72. The molecule has 0 fully saturated rings. The molecule has 0 aliphatic heterocycles. The summed E-state index contributed by atoms with van der Waals surface area (Å²) >= 11 is 0. The van der Waals surface area contributed by atoms with Gasteiger partial charge >= 0.3 is 0 Å². The maximum absolute atomic E-state index is 5.19. The summed E-state index contributed by atoms with van der Waals surface area (Å²) in [4.78, 5) is 4.39. The lowest BCUT2D eigenvalue weighted by Crippen LogP contribution is -2.37. The highest BCUT2D eigenvalue weighted by molar-refractivity contribution is 14.0. The summed E-state index contributed by atoms with van der Waals surface area (Å²) in [6, 6.07) is 0. The van der Waals surface area contributed by atoms with Gasteiger partial charge in [0.1, 0.15) is 0 Å². The van der Waals surface area contributed by atoms with Crippen LogP contribution < -0.4 is 10.6 Å². The number of nitrogens with one attached hydrogen (secondary N) is 2. The lowest BCUT2D eigenvalue weighted by Gasteiger charge is -2.08. The van der Waals surface area contributed by atoms with Gasteiger partial charge in [-0.25, -0.2) is 0 Å². The van der Waals surface area contributed by atoms with Crippen LogP contribution in [0.4, 0.5) is 0 Å². The van der Waals surface area contributed by atoms with Crippen LogP contribution in [0.2, 0.25) is 0 Å². The van der Waals surface area contributed by atoms with Crippen molar-refractivity contribution in [3.63, 3.8) is 0 Å². The van der Waals surface area contributed by atoms with Crippen molar-refractivity contribution in [2.75, 3.05) is 19.6 Å². The van der Waals surface area contributed by atoms with Gasteiger partial charge in [-0.2, -0.15) is 5.10 Å². The first-order chi connectivity index (χ1) is 8.26. The first-order valence-electron chi connectivity index (χ1n) is 5.71. The molecule has 1 aromatic heterocycles. The molecule has 0 atom stereocenters. The summed E-state index contributed by atoms with van der Waals surface area (Å²) in [5.74, 6) is 3.26. The van der Waals surface area contributed by atoms with Crippen LogP contribution >= 0.6 is 24.0 Å². The average molecular weight is 361 g/mol. The molecular weight excluding hydrogens is 341 g/mol. The van der Waals surface area contributed by atoms with E-state index < -0.39 is 0 Å². The molecule has 0 aliphatic carbocycles. The Balaban J connectivity index is 0.00000289. The van der Waals surface area contributed by atoms with Crippen molar-refractivity contribution in [1.29, 1.82) is 0 Å². The standard InChI is InChI=1S/C12H19N5.HI/c1-4-6-14-12(13-5-2)15-7-8-17-10-11(3)9-16-17;/h1,9-10H,5-8H2,2-3H3,(H2,13,14,15);1H. The van der Waals surface area contributed by atoms with E-state index >= 15 is 0 Å². The van der Waals surface area contributed by atoms with Crippen molar-refractivity contribution in [2.45, 2.75) is 20.4 Å². The molecule has 5 nitrogen and oxygen atoms in total. The summed E-state index contributed by atoms with van der Waals surface area (Å²) in [7, 11) is 0. The van der Waals surface area contributed by atoms with E-state index in [1.54, 1.807) is 0 Å². The molecule has 1 aromatic rings. The smallest absolute Gasteiger partial charge is 0.192 e. The number of hydrogen-bond acceptors (Lipinski definition) is 2.